The van der Waals surface area contributed by atoms with E-state index in [4.69, 9.17) is 17.3 Å². The second-order valence-corrected chi connectivity index (χ2v) is 3.80. The zero-order valence-electron chi connectivity index (χ0n) is 8.50. The summed E-state index contributed by atoms with van der Waals surface area (Å²) in [6, 6.07) is 5.72. The van der Waals surface area contributed by atoms with Crippen molar-refractivity contribution in [1.82, 2.24) is 9.97 Å². The highest BCUT2D eigenvalue weighted by Crippen LogP contribution is 2.23. The quantitative estimate of drug-likeness (QED) is 0.845. The van der Waals surface area contributed by atoms with Crippen LogP contribution in [0.2, 0.25) is 5.02 Å². The molecule has 15 heavy (non-hydrogen) atoms. The van der Waals surface area contributed by atoms with Gasteiger partial charge in [0.1, 0.15) is 5.82 Å². The first-order valence-electron chi connectivity index (χ1n) is 4.84. The van der Waals surface area contributed by atoms with Crippen molar-refractivity contribution in [2.24, 2.45) is 5.73 Å². The minimum Gasteiger partial charge on any atom is -0.330 e. The Kier molecular flexibility index (Phi) is 2.84. The van der Waals surface area contributed by atoms with Gasteiger partial charge in [-0.15, -0.1) is 0 Å². The molecular formula is C11H12ClN3. The lowest BCUT2D eigenvalue weighted by Gasteiger charge is -2.06. The van der Waals surface area contributed by atoms with Crippen LogP contribution in [-0.4, -0.2) is 16.5 Å². The van der Waals surface area contributed by atoms with Crippen molar-refractivity contribution in [3.05, 3.63) is 34.7 Å². The number of aromatic nitrogens is 2. The first-order chi connectivity index (χ1) is 7.22. The summed E-state index contributed by atoms with van der Waals surface area (Å²) in [4.78, 5) is 8.72. The molecule has 0 atom stereocenters. The van der Waals surface area contributed by atoms with E-state index < -0.39 is 0 Å². The van der Waals surface area contributed by atoms with Crippen molar-refractivity contribution in [2.45, 2.75) is 13.3 Å². The third kappa shape index (κ3) is 1.94. The highest BCUT2D eigenvalue weighted by molar-refractivity contribution is 6.35. The molecule has 0 aliphatic carbocycles. The average Bonchev–Trinajstić information content (AvgIpc) is 2.20. The van der Waals surface area contributed by atoms with Gasteiger partial charge < -0.3 is 5.73 Å². The standard InChI is InChI=1S/C11H12ClN3/c1-7-14-10(5-6-13)8-3-2-4-9(12)11(8)15-7/h2-4H,5-6,13H2,1H3. The Morgan fingerprint density at radius 2 is 2.13 bits per heavy atom. The van der Waals surface area contributed by atoms with Crippen molar-refractivity contribution >= 4 is 22.5 Å². The summed E-state index contributed by atoms with van der Waals surface area (Å²) in [5.74, 6) is 0.735. The Morgan fingerprint density at radius 1 is 1.33 bits per heavy atom. The van der Waals surface area contributed by atoms with Crippen molar-refractivity contribution in [1.29, 1.82) is 0 Å². The van der Waals surface area contributed by atoms with Gasteiger partial charge in [0.25, 0.3) is 0 Å². The van der Waals surface area contributed by atoms with Crippen molar-refractivity contribution in [2.75, 3.05) is 6.54 Å². The van der Waals surface area contributed by atoms with Gasteiger partial charge in [-0.05, 0) is 19.5 Å². The van der Waals surface area contributed by atoms with E-state index in [1.807, 2.05) is 25.1 Å². The van der Waals surface area contributed by atoms with Crippen LogP contribution in [-0.2, 0) is 6.42 Å². The number of para-hydroxylation sites is 1. The Hall–Kier alpha value is -1.19. The summed E-state index contributed by atoms with van der Waals surface area (Å²) in [6.07, 6.45) is 0.750. The third-order valence-corrected chi connectivity index (χ3v) is 2.55. The fourth-order valence-electron chi connectivity index (χ4n) is 1.63. The zero-order valence-corrected chi connectivity index (χ0v) is 9.25. The van der Waals surface area contributed by atoms with E-state index in [0.717, 1.165) is 28.8 Å². The molecule has 0 unspecified atom stereocenters. The fourth-order valence-corrected chi connectivity index (χ4v) is 1.85. The van der Waals surface area contributed by atoms with Gasteiger partial charge in [-0.25, -0.2) is 9.97 Å². The van der Waals surface area contributed by atoms with Crippen LogP contribution in [0.25, 0.3) is 10.9 Å². The zero-order chi connectivity index (χ0) is 10.8. The Balaban J connectivity index is 2.74. The summed E-state index contributed by atoms with van der Waals surface area (Å²) in [7, 11) is 0. The molecule has 0 saturated heterocycles. The average molecular weight is 222 g/mol. The molecule has 3 nitrogen and oxygen atoms in total. The summed E-state index contributed by atoms with van der Waals surface area (Å²) in [5.41, 5.74) is 7.34. The van der Waals surface area contributed by atoms with Gasteiger partial charge in [0.05, 0.1) is 16.2 Å². The second kappa shape index (κ2) is 4.13. The van der Waals surface area contributed by atoms with E-state index in [2.05, 4.69) is 9.97 Å². The molecule has 0 amide bonds. The van der Waals surface area contributed by atoms with Gasteiger partial charge in [-0.2, -0.15) is 0 Å². The van der Waals surface area contributed by atoms with Crippen LogP contribution in [0, 0.1) is 6.92 Å². The molecule has 0 spiro atoms. The van der Waals surface area contributed by atoms with Crippen LogP contribution in [0.15, 0.2) is 18.2 Å². The first kappa shape index (κ1) is 10.3. The maximum Gasteiger partial charge on any atom is 0.126 e. The number of nitrogens with two attached hydrogens (primary N) is 1. The number of halogens is 1. The number of benzene rings is 1. The molecule has 1 heterocycles. The van der Waals surface area contributed by atoms with Crippen LogP contribution < -0.4 is 5.73 Å². The molecule has 78 valence electrons. The number of hydrogen-bond acceptors (Lipinski definition) is 3. The van der Waals surface area contributed by atoms with Gasteiger partial charge in [-0.3, -0.25) is 0 Å². The fraction of sp³-hybridized carbons (Fsp3) is 0.273. The monoisotopic (exact) mass is 221 g/mol. The lowest BCUT2D eigenvalue weighted by atomic mass is 10.1. The minimum atomic E-state index is 0.581. The van der Waals surface area contributed by atoms with E-state index in [0.29, 0.717) is 11.6 Å². The van der Waals surface area contributed by atoms with Crippen molar-refractivity contribution in [3.63, 3.8) is 0 Å². The van der Waals surface area contributed by atoms with Gasteiger partial charge in [-0.1, -0.05) is 23.7 Å². The van der Waals surface area contributed by atoms with Gasteiger partial charge in [0.2, 0.25) is 0 Å². The maximum absolute atomic E-state index is 6.08. The van der Waals surface area contributed by atoms with Crippen molar-refractivity contribution < 1.29 is 0 Å². The normalized spacial score (nSPS) is 10.9. The molecule has 0 bridgehead atoms. The lowest BCUT2D eigenvalue weighted by Crippen LogP contribution is -2.06. The summed E-state index contributed by atoms with van der Waals surface area (Å²) >= 11 is 6.08. The van der Waals surface area contributed by atoms with Crippen LogP contribution in [0.1, 0.15) is 11.5 Å². The molecule has 2 rings (SSSR count). The molecule has 1 aromatic carbocycles. The number of rotatable bonds is 2. The van der Waals surface area contributed by atoms with E-state index >= 15 is 0 Å². The Bertz CT molecular complexity index is 496. The maximum atomic E-state index is 6.08. The number of aryl methyl sites for hydroxylation is 1. The van der Waals surface area contributed by atoms with Crippen LogP contribution in [0.4, 0.5) is 0 Å². The molecule has 0 aliphatic heterocycles. The smallest absolute Gasteiger partial charge is 0.126 e. The predicted octanol–water partition coefficient (Wildman–Crippen LogP) is 2.09. The molecule has 1 aromatic heterocycles. The number of hydrogen-bond donors (Lipinski definition) is 1. The van der Waals surface area contributed by atoms with Gasteiger partial charge in [0, 0.05) is 11.8 Å². The van der Waals surface area contributed by atoms with Crippen LogP contribution >= 0.6 is 11.6 Å². The predicted molar refractivity (Wildman–Crippen MR) is 62.0 cm³/mol. The lowest BCUT2D eigenvalue weighted by molar-refractivity contribution is 0.908. The Labute approximate surface area is 93.3 Å². The van der Waals surface area contributed by atoms with Crippen LogP contribution in [0.5, 0.6) is 0 Å². The van der Waals surface area contributed by atoms with Crippen molar-refractivity contribution in [3.8, 4) is 0 Å². The SMILES string of the molecule is Cc1nc(CCN)c2cccc(Cl)c2n1. The molecule has 4 heteroatoms. The first-order valence-corrected chi connectivity index (χ1v) is 5.22. The Morgan fingerprint density at radius 3 is 2.87 bits per heavy atom. The highest BCUT2D eigenvalue weighted by Gasteiger charge is 2.07. The molecule has 2 N–H and O–H groups in total. The summed E-state index contributed by atoms with van der Waals surface area (Å²) in [5, 5.41) is 1.66. The topological polar surface area (TPSA) is 51.8 Å². The molecule has 0 fully saturated rings. The highest BCUT2D eigenvalue weighted by atomic mass is 35.5. The minimum absolute atomic E-state index is 0.581. The molecular weight excluding hydrogens is 210 g/mol. The van der Waals surface area contributed by atoms with Gasteiger partial charge in [0.15, 0.2) is 0 Å². The van der Waals surface area contributed by atoms with Crippen LogP contribution in [0.3, 0.4) is 0 Å². The second-order valence-electron chi connectivity index (χ2n) is 3.39. The summed E-state index contributed by atoms with van der Waals surface area (Å²) < 4.78 is 0. The molecule has 0 radical (unpaired) electrons. The van der Waals surface area contributed by atoms with E-state index in [9.17, 15) is 0 Å². The molecule has 0 saturated carbocycles. The van der Waals surface area contributed by atoms with E-state index in [-0.39, 0.29) is 0 Å². The van der Waals surface area contributed by atoms with Gasteiger partial charge >= 0.3 is 0 Å². The largest absolute Gasteiger partial charge is 0.330 e. The number of fused-ring (bicyclic) bond motifs is 1. The van der Waals surface area contributed by atoms with E-state index in [1.165, 1.54) is 0 Å². The van der Waals surface area contributed by atoms with E-state index in [1.54, 1.807) is 0 Å². The third-order valence-electron chi connectivity index (χ3n) is 2.25. The number of nitrogens with zero attached hydrogens (tertiary/aromatic N) is 2. The molecule has 0 aliphatic rings. The molecule has 2 aromatic rings. The summed E-state index contributed by atoms with van der Waals surface area (Å²) in [6.45, 7) is 2.45.